The summed E-state index contributed by atoms with van der Waals surface area (Å²) in [5, 5.41) is 16.8. The molecule has 0 aliphatic carbocycles. The fourth-order valence-electron chi connectivity index (χ4n) is 3.08. The number of benzene rings is 4. The minimum atomic E-state index is -0.737. The van der Waals surface area contributed by atoms with Gasteiger partial charge in [-0.3, -0.25) is 0 Å². The van der Waals surface area contributed by atoms with Crippen LogP contribution in [0.4, 0.5) is 22.7 Å². The average Bonchev–Trinajstić information content (AvgIpc) is 2.84. The zero-order valence-corrected chi connectivity index (χ0v) is 17.6. The van der Waals surface area contributed by atoms with Crippen molar-refractivity contribution in [1.82, 2.24) is 0 Å². The van der Waals surface area contributed by atoms with E-state index in [1.807, 2.05) is 109 Å². The first kappa shape index (κ1) is 21.3. The minimum Gasteiger partial charge on any atom is -0.491 e. The molecule has 0 amide bonds. The third-order valence-electron chi connectivity index (χ3n) is 4.72. The normalized spacial score (nSPS) is 10.6. The topological polar surface area (TPSA) is 62.8 Å². The fraction of sp³-hybridized carbons (Fsp3) is 0.111. The summed E-state index contributed by atoms with van der Waals surface area (Å²) in [7, 11) is 0. The molecule has 0 saturated carbocycles. The number of anilines is 4. The Morgan fingerprint density at radius 3 is 1.22 bits per heavy atom. The highest BCUT2D eigenvalue weighted by molar-refractivity contribution is 5.61. The van der Waals surface area contributed by atoms with Gasteiger partial charge in [-0.05, 0) is 72.8 Å². The second-order valence-corrected chi connectivity index (χ2v) is 7.31. The van der Waals surface area contributed by atoms with Gasteiger partial charge < -0.3 is 25.2 Å². The zero-order chi connectivity index (χ0) is 22.0. The van der Waals surface area contributed by atoms with E-state index in [0.717, 1.165) is 22.7 Å². The summed E-state index contributed by atoms with van der Waals surface area (Å²) in [6, 6.07) is 35.2. The van der Waals surface area contributed by atoms with Crippen molar-refractivity contribution in [3.63, 3.8) is 0 Å². The highest BCUT2D eigenvalue weighted by atomic mass is 16.5. The van der Waals surface area contributed by atoms with Crippen molar-refractivity contribution in [3.05, 3.63) is 109 Å². The molecule has 4 rings (SSSR count). The monoisotopic (exact) mass is 426 g/mol. The molecule has 4 aromatic rings. The molecule has 3 N–H and O–H groups in total. The Kier molecular flexibility index (Phi) is 7.24. The van der Waals surface area contributed by atoms with Gasteiger partial charge in [0, 0.05) is 22.7 Å². The average molecular weight is 427 g/mol. The summed E-state index contributed by atoms with van der Waals surface area (Å²) < 4.78 is 11.4. The Bertz CT molecular complexity index is 980. The third-order valence-corrected chi connectivity index (χ3v) is 4.72. The molecule has 0 fully saturated rings. The molecule has 0 bridgehead atoms. The molecular weight excluding hydrogens is 400 g/mol. The third kappa shape index (κ3) is 6.52. The maximum atomic E-state index is 10.2. The summed E-state index contributed by atoms with van der Waals surface area (Å²) in [4.78, 5) is 0. The number of rotatable bonds is 10. The standard InChI is InChI=1S/C27H26N2O3/c30-25(19-31-26-15-11-23(12-16-26)28-21-7-3-1-4-8-21)20-32-27-17-13-24(14-18-27)29-22-9-5-2-6-10-22/h1-18,25,28-30H,19-20H2. The Hall–Kier alpha value is -3.96. The van der Waals surface area contributed by atoms with Crippen LogP contribution in [0.15, 0.2) is 109 Å². The van der Waals surface area contributed by atoms with Gasteiger partial charge in [0.1, 0.15) is 30.8 Å². The van der Waals surface area contributed by atoms with Crippen LogP contribution in [-0.4, -0.2) is 24.4 Å². The van der Waals surface area contributed by atoms with Crippen molar-refractivity contribution in [2.75, 3.05) is 23.8 Å². The van der Waals surface area contributed by atoms with Crippen LogP contribution in [0.3, 0.4) is 0 Å². The molecule has 0 aliphatic heterocycles. The molecule has 0 saturated heterocycles. The number of ether oxygens (including phenoxy) is 2. The van der Waals surface area contributed by atoms with Crippen molar-refractivity contribution >= 4 is 22.7 Å². The first-order valence-electron chi connectivity index (χ1n) is 10.5. The van der Waals surface area contributed by atoms with Crippen LogP contribution >= 0.6 is 0 Å². The van der Waals surface area contributed by atoms with E-state index >= 15 is 0 Å². The van der Waals surface area contributed by atoms with Crippen molar-refractivity contribution in [3.8, 4) is 11.5 Å². The number of para-hydroxylation sites is 2. The summed E-state index contributed by atoms with van der Waals surface area (Å²) in [6.07, 6.45) is -0.737. The highest BCUT2D eigenvalue weighted by Crippen LogP contribution is 2.21. The molecule has 0 atom stereocenters. The van der Waals surface area contributed by atoms with Crippen LogP contribution in [0, 0.1) is 0 Å². The fourth-order valence-corrected chi connectivity index (χ4v) is 3.08. The first-order chi connectivity index (χ1) is 15.7. The van der Waals surface area contributed by atoms with Gasteiger partial charge in [-0.2, -0.15) is 0 Å². The Balaban J connectivity index is 1.19. The molecule has 0 aliphatic rings. The first-order valence-corrected chi connectivity index (χ1v) is 10.5. The number of nitrogens with one attached hydrogen (secondary N) is 2. The molecule has 5 nitrogen and oxygen atoms in total. The summed E-state index contributed by atoms with van der Waals surface area (Å²) in [6.45, 7) is 0.304. The van der Waals surface area contributed by atoms with Crippen LogP contribution in [0.2, 0.25) is 0 Å². The van der Waals surface area contributed by atoms with Gasteiger partial charge in [-0.15, -0.1) is 0 Å². The molecule has 0 radical (unpaired) electrons. The predicted molar refractivity (Wildman–Crippen MR) is 129 cm³/mol. The lowest BCUT2D eigenvalue weighted by molar-refractivity contribution is 0.0626. The van der Waals surface area contributed by atoms with E-state index in [1.165, 1.54) is 0 Å². The molecule has 0 aromatic heterocycles. The van der Waals surface area contributed by atoms with E-state index in [9.17, 15) is 5.11 Å². The number of hydrogen-bond acceptors (Lipinski definition) is 5. The van der Waals surface area contributed by atoms with Crippen molar-refractivity contribution in [2.24, 2.45) is 0 Å². The van der Waals surface area contributed by atoms with Gasteiger partial charge in [0.25, 0.3) is 0 Å². The minimum absolute atomic E-state index is 0.152. The number of aliphatic hydroxyl groups is 1. The van der Waals surface area contributed by atoms with Crippen LogP contribution < -0.4 is 20.1 Å². The van der Waals surface area contributed by atoms with Crippen LogP contribution in [0.1, 0.15) is 0 Å². The Morgan fingerprint density at radius 2 is 0.844 bits per heavy atom. The van der Waals surface area contributed by atoms with Crippen molar-refractivity contribution < 1.29 is 14.6 Å². The van der Waals surface area contributed by atoms with Crippen LogP contribution in [0.5, 0.6) is 11.5 Å². The second-order valence-electron chi connectivity index (χ2n) is 7.31. The molecular formula is C27H26N2O3. The second kappa shape index (κ2) is 10.9. The lowest BCUT2D eigenvalue weighted by Gasteiger charge is -2.14. The Morgan fingerprint density at radius 1 is 0.500 bits per heavy atom. The number of aliphatic hydroxyl groups excluding tert-OH is 1. The van der Waals surface area contributed by atoms with Gasteiger partial charge in [0.05, 0.1) is 0 Å². The summed E-state index contributed by atoms with van der Waals surface area (Å²) in [5.41, 5.74) is 3.99. The van der Waals surface area contributed by atoms with Crippen LogP contribution in [0.25, 0.3) is 0 Å². The number of hydrogen-bond donors (Lipinski definition) is 3. The predicted octanol–water partition coefficient (Wildman–Crippen LogP) is 5.99. The molecule has 4 aromatic carbocycles. The van der Waals surface area contributed by atoms with Crippen LogP contribution in [-0.2, 0) is 0 Å². The van der Waals surface area contributed by atoms with E-state index in [2.05, 4.69) is 10.6 Å². The molecule has 0 unspecified atom stereocenters. The maximum Gasteiger partial charge on any atom is 0.122 e. The van der Waals surface area contributed by atoms with E-state index in [-0.39, 0.29) is 13.2 Å². The van der Waals surface area contributed by atoms with Crippen molar-refractivity contribution in [1.29, 1.82) is 0 Å². The highest BCUT2D eigenvalue weighted by Gasteiger charge is 2.07. The summed E-state index contributed by atoms with van der Waals surface area (Å²) in [5.74, 6) is 1.39. The van der Waals surface area contributed by atoms with E-state index < -0.39 is 6.10 Å². The zero-order valence-electron chi connectivity index (χ0n) is 17.6. The van der Waals surface area contributed by atoms with Crippen molar-refractivity contribution in [2.45, 2.75) is 6.10 Å². The lowest BCUT2D eigenvalue weighted by Crippen LogP contribution is -2.25. The van der Waals surface area contributed by atoms with E-state index in [1.54, 1.807) is 0 Å². The lowest BCUT2D eigenvalue weighted by atomic mass is 10.2. The molecule has 0 spiro atoms. The van der Waals surface area contributed by atoms with Gasteiger partial charge in [-0.1, -0.05) is 36.4 Å². The van der Waals surface area contributed by atoms with Gasteiger partial charge >= 0.3 is 0 Å². The maximum absolute atomic E-state index is 10.2. The van der Waals surface area contributed by atoms with Gasteiger partial charge in [-0.25, -0.2) is 0 Å². The Labute approximate surface area is 188 Å². The quantitative estimate of drug-likeness (QED) is 0.291. The van der Waals surface area contributed by atoms with E-state index in [4.69, 9.17) is 9.47 Å². The van der Waals surface area contributed by atoms with E-state index in [0.29, 0.717) is 11.5 Å². The smallest absolute Gasteiger partial charge is 0.122 e. The molecule has 162 valence electrons. The van der Waals surface area contributed by atoms with Gasteiger partial charge in [0.2, 0.25) is 0 Å². The summed E-state index contributed by atoms with van der Waals surface area (Å²) >= 11 is 0. The molecule has 32 heavy (non-hydrogen) atoms. The molecule has 0 heterocycles. The SMILES string of the molecule is OC(COc1ccc(Nc2ccccc2)cc1)COc1ccc(Nc2ccccc2)cc1. The van der Waals surface area contributed by atoms with Gasteiger partial charge in [0.15, 0.2) is 0 Å². The molecule has 5 heteroatoms. The largest absolute Gasteiger partial charge is 0.491 e.